The lowest BCUT2D eigenvalue weighted by Crippen LogP contribution is -2.42. The number of nitrogens with one attached hydrogen (secondary N) is 1. The highest BCUT2D eigenvalue weighted by Gasteiger charge is 2.41. The van der Waals surface area contributed by atoms with E-state index in [1.54, 1.807) is 0 Å². The first kappa shape index (κ1) is 12.3. The first-order chi connectivity index (χ1) is 6.60. The lowest BCUT2D eigenvalue weighted by Gasteiger charge is -2.26. The van der Waals surface area contributed by atoms with E-state index in [-0.39, 0.29) is 0 Å². The molecule has 84 valence electrons. The van der Waals surface area contributed by atoms with Crippen molar-refractivity contribution in [3.63, 3.8) is 0 Å². The molecule has 0 saturated heterocycles. The van der Waals surface area contributed by atoms with Gasteiger partial charge in [-0.15, -0.1) is 0 Å². The molecule has 1 aliphatic carbocycles. The number of rotatable bonds is 7. The van der Waals surface area contributed by atoms with Crippen molar-refractivity contribution in [1.29, 1.82) is 0 Å². The highest BCUT2D eigenvalue weighted by molar-refractivity contribution is 8.00. The molecule has 0 bridgehead atoms. The Labute approximate surface area is 91.9 Å². The highest BCUT2D eigenvalue weighted by atomic mass is 32.2. The molecule has 3 heteroatoms. The Hall–Kier alpha value is 0.270. The maximum absolute atomic E-state index is 10.0. The molecule has 0 aliphatic heterocycles. The molecule has 0 spiro atoms. The number of aliphatic hydroxyl groups is 1. The van der Waals surface area contributed by atoms with Crippen LogP contribution in [-0.2, 0) is 0 Å². The second-order valence-corrected chi connectivity index (χ2v) is 5.70. The zero-order valence-corrected chi connectivity index (χ0v) is 10.4. The van der Waals surface area contributed by atoms with Crippen LogP contribution >= 0.6 is 11.8 Å². The van der Waals surface area contributed by atoms with Gasteiger partial charge in [0, 0.05) is 17.8 Å². The average molecular weight is 217 g/mol. The lowest BCUT2D eigenvalue weighted by molar-refractivity contribution is 0.0327. The van der Waals surface area contributed by atoms with E-state index < -0.39 is 5.60 Å². The van der Waals surface area contributed by atoms with Gasteiger partial charge >= 0.3 is 0 Å². The SMILES string of the molecule is CCC(O)(CC)CNCC1(SC)CC1. The molecule has 2 nitrogen and oxygen atoms in total. The van der Waals surface area contributed by atoms with Crippen LogP contribution in [0.2, 0.25) is 0 Å². The van der Waals surface area contributed by atoms with E-state index in [1.165, 1.54) is 12.8 Å². The van der Waals surface area contributed by atoms with E-state index in [2.05, 4.69) is 11.6 Å². The summed E-state index contributed by atoms with van der Waals surface area (Å²) < 4.78 is 0.502. The first-order valence-corrected chi connectivity index (χ1v) is 6.80. The van der Waals surface area contributed by atoms with Gasteiger partial charge in [-0.3, -0.25) is 0 Å². The smallest absolute Gasteiger partial charge is 0.0766 e. The predicted octanol–water partition coefficient (Wildman–Crippen LogP) is 2.02. The third kappa shape index (κ3) is 3.14. The molecule has 2 N–H and O–H groups in total. The van der Waals surface area contributed by atoms with Gasteiger partial charge in [0.25, 0.3) is 0 Å². The molecule has 0 aromatic rings. The number of hydrogen-bond donors (Lipinski definition) is 2. The fourth-order valence-corrected chi connectivity index (χ4v) is 2.37. The summed E-state index contributed by atoms with van der Waals surface area (Å²) in [6.45, 7) is 5.89. The molecule has 0 aromatic carbocycles. The maximum Gasteiger partial charge on any atom is 0.0766 e. The molecule has 1 rings (SSSR count). The van der Waals surface area contributed by atoms with Gasteiger partial charge in [-0.2, -0.15) is 11.8 Å². The van der Waals surface area contributed by atoms with Gasteiger partial charge in [0.15, 0.2) is 0 Å². The van der Waals surface area contributed by atoms with Crippen molar-refractivity contribution in [3.05, 3.63) is 0 Å². The van der Waals surface area contributed by atoms with Crippen LogP contribution in [0.3, 0.4) is 0 Å². The summed E-state index contributed by atoms with van der Waals surface area (Å²) in [6, 6.07) is 0. The Balaban J connectivity index is 2.20. The Morgan fingerprint density at radius 3 is 2.29 bits per heavy atom. The lowest BCUT2D eigenvalue weighted by atomic mass is 9.97. The van der Waals surface area contributed by atoms with Gasteiger partial charge in [-0.1, -0.05) is 13.8 Å². The Bertz CT molecular complexity index is 176. The van der Waals surface area contributed by atoms with Crippen molar-refractivity contribution in [2.75, 3.05) is 19.3 Å². The quantitative estimate of drug-likeness (QED) is 0.684. The first-order valence-electron chi connectivity index (χ1n) is 5.58. The largest absolute Gasteiger partial charge is 0.389 e. The second-order valence-electron chi connectivity index (χ2n) is 4.42. The van der Waals surface area contributed by atoms with Crippen LogP contribution in [0.1, 0.15) is 39.5 Å². The van der Waals surface area contributed by atoms with Gasteiger partial charge in [-0.05, 0) is 31.9 Å². The summed E-state index contributed by atoms with van der Waals surface area (Å²) in [6.07, 6.45) is 6.52. The van der Waals surface area contributed by atoms with Crippen molar-refractivity contribution in [1.82, 2.24) is 5.32 Å². The third-order valence-electron chi connectivity index (χ3n) is 3.46. The van der Waals surface area contributed by atoms with Crippen molar-refractivity contribution in [2.24, 2.45) is 0 Å². The molecule has 14 heavy (non-hydrogen) atoms. The Morgan fingerprint density at radius 2 is 1.93 bits per heavy atom. The zero-order valence-electron chi connectivity index (χ0n) is 9.60. The fraction of sp³-hybridized carbons (Fsp3) is 1.00. The van der Waals surface area contributed by atoms with Crippen LogP contribution in [0.25, 0.3) is 0 Å². The van der Waals surface area contributed by atoms with Crippen molar-refractivity contribution in [2.45, 2.75) is 49.9 Å². The molecule has 0 heterocycles. The summed E-state index contributed by atoms with van der Waals surface area (Å²) in [4.78, 5) is 0. The molecule has 1 aliphatic rings. The van der Waals surface area contributed by atoms with Gasteiger partial charge < -0.3 is 10.4 Å². The molecule has 0 amide bonds. The monoisotopic (exact) mass is 217 g/mol. The summed E-state index contributed by atoms with van der Waals surface area (Å²) in [7, 11) is 0. The van der Waals surface area contributed by atoms with Crippen LogP contribution in [0, 0.1) is 0 Å². The van der Waals surface area contributed by atoms with E-state index >= 15 is 0 Å². The number of thioether (sulfide) groups is 1. The number of hydrogen-bond acceptors (Lipinski definition) is 3. The zero-order chi connectivity index (χ0) is 10.7. The molecular formula is C11H23NOS. The van der Waals surface area contributed by atoms with E-state index in [4.69, 9.17) is 0 Å². The average Bonchev–Trinajstić information content (AvgIpc) is 2.98. The summed E-state index contributed by atoms with van der Waals surface area (Å²) in [5, 5.41) is 13.5. The molecule has 1 fully saturated rings. The molecule has 0 radical (unpaired) electrons. The molecule has 0 atom stereocenters. The molecule has 0 aromatic heterocycles. The van der Waals surface area contributed by atoms with Crippen LogP contribution in [-0.4, -0.2) is 34.8 Å². The summed E-state index contributed by atoms with van der Waals surface area (Å²) in [5.41, 5.74) is -0.492. The maximum atomic E-state index is 10.0. The van der Waals surface area contributed by atoms with Gasteiger partial charge in [-0.25, -0.2) is 0 Å². The van der Waals surface area contributed by atoms with Crippen LogP contribution in [0.4, 0.5) is 0 Å². The van der Waals surface area contributed by atoms with Gasteiger partial charge in [0.1, 0.15) is 0 Å². The van der Waals surface area contributed by atoms with E-state index in [9.17, 15) is 5.11 Å². The minimum atomic E-state index is -0.492. The minimum Gasteiger partial charge on any atom is -0.389 e. The van der Waals surface area contributed by atoms with Crippen LogP contribution in [0.5, 0.6) is 0 Å². The minimum absolute atomic E-state index is 0.492. The predicted molar refractivity (Wildman–Crippen MR) is 63.9 cm³/mol. The molecule has 0 unspecified atom stereocenters. The molecule has 1 saturated carbocycles. The molecular weight excluding hydrogens is 194 g/mol. The van der Waals surface area contributed by atoms with Gasteiger partial charge in [0.05, 0.1) is 5.60 Å². The standard InChI is InChI=1S/C11H23NOS/c1-4-10(13,5-2)8-12-9-11(14-3)6-7-11/h12-13H,4-9H2,1-3H3. The Morgan fingerprint density at radius 1 is 1.36 bits per heavy atom. The van der Waals surface area contributed by atoms with Crippen LogP contribution in [0.15, 0.2) is 0 Å². The topological polar surface area (TPSA) is 32.3 Å². The van der Waals surface area contributed by atoms with Crippen molar-refractivity contribution in [3.8, 4) is 0 Å². The normalized spacial score (nSPS) is 19.7. The van der Waals surface area contributed by atoms with E-state index in [1.807, 2.05) is 25.6 Å². The van der Waals surface area contributed by atoms with Crippen molar-refractivity contribution < 1.29 is 5.11 Å². The third-order valence-corrected chi connectivity index (χ3v) is 4.88. The summed E-state index contributed by atoms with van der Waals surface area (Å²) >= 11 is 1.96. The highest BCUT2D eigenvalue weighted by Crippen LogP contribution is 2.46. The van der Waals surface area contributed by atoms with E-state index in [0.717, 1.165) is 25.9 Å². The van der Waals surface area contributed by atoms with Crippen molar-refractivity contribution >= 4 is 11.8 Å². The summed E-state index contributed by atoms with van der Waals surface area (Å²) in [5.74, 6) is 0. The van der Waals surface area contributed by atoms with Crippen LogP contribution < -0.4 is 5.32 Å². The fourth-order valence-electron chi connectivity index (χ4n) is 1.62. The Kier molecular flexibility index (Phi) is 4.29. The van der Waals surface area contributed by atoms with E-state index in [0.29, 0.717) is 4.75 Å². The second kappa shape index (κ2) is 4.86. The van der Waals surface area contributed by atoms with Gasteiger partial charge in [0.2, 0.25) is 0 Å².